The molecule has 0 amide bonds. The van der Waals surface area contributed by atoms with Crippen LogP contribution < -0.4 is 0 Å². The molecule has 6 nitrogen and oxygen atoms in total. The van der Waals surface area contributed by atoms with E-state index in [4.69, 9.17) is 14.6 Å². The lowest BCUT2D eigenvalue weighted by atomic mass is 10.1. The van der Waals surface area contributed by atoms with Gasteiger partial charge in [0.15, 0.2) is 0 Å². The van der Waals surface area contributed by atoms with Crippen LogP contribution in [0.3, 0.4) is 0 Å². The Morgan fingerprint density at radius 1 is 1.05 bits per heavy atom. The summed E-state index contributed by atoms with van der Waals surface area (Å²) in [5.74, 6) is -1.61. The molecule has 1 rings (SSSR count). The molecule has 0 aliphatic carbocycles. The van der Waals surface area contributed by atoms with Crippen molar-refractivity contribution >= 4 is 0 Å². The van der Waals surface area contributed by atoms with Crippen LogP contribution in [-0.2, 0) is 9.47 Å². The van der Waals surface area contributed by atoms with Crippen LogP contribution in [-0.4, -0.2) is 64.3 Å². The van der Waals surface area contributed by atoms with E-state index in [1.54, 1.807) is 0 Å². The number of ether oxygens (including phenoxy) is 2. The summed E-state index contributed by atoms with van der Waals surface area (Å²) in [5.41, 5.74) is 0. The summed E-state index contributed by atoms with van der Waals surface area (Å²) in [7, 11) is 0. The van der Waals surface area contributed by atoms with E-state index in [9.17, 15) is 15.3 Å². The summed E-state index contributed by atoms with van der Waals surface area (Å²) < 4.78 is 10.8. The minimum Gasteiger partial charge on any atom is -0.394 e. The van der Waals surface area contributed by atoms with Crippen LogP contribution in [0.4, 0.5) is 0 Å². The molecule has 120 valence electrons. The highest BCUT2D eigenvalue weighted by molar-refractivity contribution is 4.96. The first-order valence-electron chi connectivity index (χ1n) is 7.51. The van der Waals surface area contributed by atoms with Gasteiger partial charge in [-0.3, -0.25) is 0 Å². The molecule has 0 spiro atoms. The molecule has 0 bridgehead atoms. The zero-order valence-corrected chi connectivity index (χ0v) is 12.2. The second-order valence-corrected chi connectivity index (χ2v) is 5.36. The first-order chi connectivity index (χ1) is 9.61. The van der Waals surface area contributed by atoms with Crippen LogP contribution in [0, 0.1) is 0 Å². The third kappa shape index (κ3) is 4.38. The average molecular weight is 292 g/mol. The molecule has 4 atom stereocenters. The SMILES string of the molecule is CCCCCCCCO[C@]1(CO)O[C@H](CO)[C@@H](O)[C@@H]1O. The van der Waals surface area contributed by atoms with E-state index in [2.05, 4.69) is 6.92 Å². The van der Waals surface area contributed by atoms with E-state index in [1.807, 2.05) is 0 Å². The zero-order valence-electron chi connectivity index (χ0n) is 12.2. The molecule has 6 heteroatoms. The highest BCUT2D eigenvalue weighted by Crippen LogP contribution is 2.32. The first-order valence-corrected chi connectivity index (χ1v) is 7.51. The van der Waals surface area contributed by atoms with Crippen LogP contribution in [0.1, 0.15) is 45.4 Å². The zero-order chi connectivity index (χ0) is 15.0. The topological polar surface area (TPSA) is 99.4 Å². The Bertz CT molecular complexity index is 262. The van der Waals surface area contributed by atoms with Crippen molar-refractivity contribution in [3.05, 3.63) is 0 Å². The van der Waals surface area contributed by atoms with E-state index in [-0.39, 0.29) is 0 Å². The largest absolute Gasteiger partial charge is 0.394 e. The number of aliphatic hydroxyl groups is 4. The van der Waals surface area contributed by atoms with Crippen molar-refractivity contribution in [3.63, 3.8) is 0 Å². The van der Waals surface area contributed by atoms with Gasteiger partial charge in [0.1, 0.15) is 24.9 Å². The molecule has 0 radical (unpaired) electrons. The van der Waals surface area contributed by atoms with Crippen molar-refractivity contribution in [2.24, 2.45) is 0 Å². The molecule has 0 aromatic carbocycles. The van der Waals surface area contributed by atoms with Gasteiger partial charge in [0.25, 0.3) is 0 Å². The predicted molar refractivity (Wildman–Crippen MR) is 73.1 cm³/mol. The highest BCUT2D eigenvalue weighted by Gasteiger charge is 2.54. The van der Waals surface area contributed by atoms with E-state index in [0.717, 1.165) is 19.3 Å². The lowest BCUT2D eigenvalue weighted by Crippen LogP contribution is -2.48. The molecule has 1 aliphatic rings. The Hall–Kier alpha value is -0.240. The molecular weight excluding hydrogens is 264 g/mol. The van der Waals surface area contributed by atoms with Gasteiger partial charge in [-0.15, -0.1) is 0 Å². The van der Waals surface area contributed by atoms with Crippen LogP contribution in [0.15, 0.2) is 0 Å². The van der Waals surface area contributed by atoms with E-state index in [1.165, 1.54) is 19.3 Å². The molecule has 0 aromatic rings. The molecule has 1 saturated heterocycles. The van der Waals surface area contributed by atoms with E-state index in [0.29, 0.717) is 6.61 Å². The Morgan fingerprint density at radius 2 is 1.70 bits per heavy atom. The van der Waals surface area contributed by atoms with E-state index >= 15 is 0 Å². The number of aliphatic hydroxyl groups excluding tert-OH is 4. The second-order valence-electron chi connectivity index (χ2n) is 5.36. The molecular formula is C14H28O6. The van der Waals surface area contributed by atoms with Gasteiger partial charge in [-0.05, 0) is 6.42 Å². The van der Waals surface area contributed by atoms with Gasteiger partial charge < -0.3 is 29.9 Å². The molecule has 4 N–H and O–H groups in total. The Balaban J connectivity index is 2.32. The normalized spacial score (nSPS) is 33.8. The lowest BCUT2D eigenvalue weighted by molar-refractivity contribution is -0.276. The number of rotatable bonds is 10. The highest BCUT2D eigenvalue weighted by atomic mass is 16.7. The maximum Gasteiger partial charge on any atom is 0.221 e. The van der Waals surface area contributed by atoms with Crippen LogP contribution in [0.25, 0.3) is 0 Å². The molecule has 1 fully saturated rings. The van der Waals surface area contributed by atoms with Gasteiger partial charge in [0.2, 0.25) is 5.79 Å². The Morgan fingerprint density at radius 3 is 2.25 bits per heavy atom. The van der Waals surface area contributed by atoms with Crippen molar-refractivity contribution in [2.75, 3.05) is 19.8 Å². The maximum absolute atomic E-state index is 9.91. The van der Waals surface area contributed by atoms with Crippen molar-refractivity contribution in [1.82, 2.24) is 0 Å². The maximum atomic E-state index is 9.91. The predicted octanol–water partition coefficient (Wildman–Crippen LogP) is 0.165. The summed E-state index contributed by atoms with van der Waals surface area (Å²) >= 11 is 0. The smallest absolute Gasteiger partial charge is 0.221 e. The molecule has 0 aromatic heterocycles. The van der Waals surface area contributed by atoms with Gasteiger partial charge >= 0.3 is 0 Å². The third-order valence-corrected chi connectivity index (χ3v) is 3.75. The number of hydrogen-bond acceptors (Lipinski definition) is 6. The fourth-order valence-electron chi connectivity index (χ4n) is 2.43. The van der Waals surface area contributed by atoms with Gasteiger partial charge in [-0.25, -0.2) is 0 Å². The van der Waals surface area contributed by atoms with Crippen molar-refractivity contribution in [2.45, 2.75) is 69.5 Å². The van der Waals surface area contributed by atoms with Crippen molar-refractivity contribution in [1.29, 1.82) is 0 Å². The van der Waals surface area contributed by atoms with Gasteiger partial charge in [-0.2, -0.15) is 0 Å². The van der Waals surface area contributed by atoms with Crippen LogP contribution in [0.5, 0.6) is 0 Å². The molecule has 1 heterocycles. The number of hydrogen-bond donors (Lipinski definition) is 4. The quantitative estimate of drug-likeness (QED) is 0.428. The molecule has 0 saturated carbocycles. The minimum absolute atomic E-state index is 0.342. The Labute approximate surface area is 120 Å². The van der Waals surface area contributed by atoms with Gasteiger partial charge in [0, 0.05) is 0 Å². The van der Waals surface area contributed by atoms with Gasteiger partial charge in [0.05, 0.1) is 13.2 Å². The second kappa shape index (κ2) is 8.92. The van der Waals surface area contributed by atoms with E-state index < -0.39 is 37.3 Å². The average Bonchev–Trinajstić information content (AvgIpc) is 2.71. The van der Waals surface area contributed by atoms with Crippen LogP contribution >= 0.6 is 0 Å². The monoisotopic (exact) mass is 292 g/mol. The first kappa shape index (κ1) is 17.8. The lowest BCUT2D eigenvalue weighted by Gasteiger charge is -2.30. The standard InChI is InChI=1S/C14H28O6/c1-2-3-4-5-6-7-8-19-14(10-16)13(18)12(17)11(9-15)20-14/h11-13,15-18H,2-10H2,1H3/t11-,12-,13+,14-/m1/s1. The van der Waals surface area contributed by atoms with Crippen molar-refractivity contribution in [3.8, 4) is 0 Å². The van der Waals surface area contributed by atoms with Gasteiger partial charge in [-0.1, -0.05) is 39.0 Å². The van der Waals surface area contributed by atoms with Crippen molar-refractivity contribution < 1.29 is 29.9 Å². The Kier molecular flexibility index (Phi) is 7.94. The summed E-state index contributed by atoms with van der Waals surface area (Å²) in [6, 6.07) is 0. The molecule has 20 heavy (non-hydrogen) atoms. The molecule has 1 aliphatic heterocycles. The molecule has 0 unspecified atom stereocenters. The minimum atomic E-state index is -1.61. The summed E-state index contributed by atoms with van der Waals surface area (Å²) in [6.07, 6.45) is 3.05. The third-order valence-electron chi connectivity index (χ3n) is 3.75. The summed E-state index contributed by atoms with van der Waals surface area (Å²) in [6.45, 7) is 1.52. The summed E-state index contributed by atoms with van der Waals surface area (Å²) in [4.78, 5) is 0. The summed E-state index contributed by atoms with van der Waals surface area (Å²) in [5, 5.41) is 38.0. The fraction of sp³-hybridized carbons (Fsp3) is 1.00. The fourth-order valence-corrected chi connectivity index (χ4v) is 2.43. The number of unbranched alkanes of at least 4 members (excludes halogenated alkanes) is 5. The van der Waals surface area contributed by atoms with Crippen LogP contribution in [0.2, 0.25) is 0 Å².